The summed E-state index contributed by atoms with van der Waals surface area (Å²) in [5.74, 6) is -48.4. The van der Waals surface area contributed by atoms with Crippen molar-refractivity contribution in [2.24, 2.45) is 0 Å². The Balaban J connectivity index is 0.000000554. The van der Waals surface area contributed by atoms with Crippen LogP contribution in [0.4, 0.5) is 74.6 Å². The molecule has 0 radical (unpaired) electrons. The van der Waals surface area contributed by atoms with Gasteiger partial charge >= 0.3 is 47.0 Å². The van der Waals surface area contributed by atoms with Gasteiger partial charge in [-0.05, 0) is 37.1 Å². The smallest absolute Gasteiger partial charge is 0.460 e. The molecule has 0 N–H and O–H groups in total. The van der Waals surface area contributed by atoms with Crippen molar-refractivity contribution in [1.82, 2.24) is 0 Å². The fourth-order valence-electron chi connectivity index (χ4n) is 2.96. The Hall–Kier alpha value is -1.91. The molecule has 1 aromatic carbocycles. The molecule has 1 saturated heterocycles. The lowest BCUT2D eigenvalue weighted by molar-refractivity contribution is -0.458. The van der Waals surface area contributed by atoms with E-state index in [4.69, 9.17) is 4.74 Å². The zero-order valence-corrected chi connectivity index (χ0v) is 21.6. The minimum Gasteiger partial charge on any atom is -0.743 e. The molecule has 0 atom stereocenters. The van der Waals surface area contributed by atoms with Gasteiger partial charge in [-0.3, -0.25) is 0 Å². The second kappa shape index (κ2) is 11.5. The summed E-state index contributed by atoms with van der Waals surface area (Å²) in [6.45, 7) is 0. The largest absolute Gasteiger partial charge is 0.743 e. The monoisotopic (exact) mass is 694 g/mol. The highest BCUT2D eigenvalue weighted by Crippen LogP contribution is 2.64. The predicted molar refractivity (Wildman–Crippen MR) is 108 cm³/mol. The molecule has 4 nitrogen and oxygen atoms in total. The maximum atomic E-state index is 13.0. The summed E-state index contributed by atoms with van der Waals surface area (Å²) < 4.78 is 249. The van der Waals surface area contributed by atoms with E-state index in [-0.39, 0.29) is 0 Å². The Morgan fingerprint density at radius 3 is 1.26 bits per heavy atom. The Morgan fingerprint density at radius 1 is 0.619 bits per heavy atom. The van der Waals surface area contributed by atoms with Gasteiger partial charge in [0.25, 0.3) is 0 Å². The van der Waals surface area contributed by atoms with Crippen molar-refractivity contribution in [3.05, 3.63) is 24.3 Å². The van der Waals surface area contributed by atoms with E-state index in [0.717, 1.165) is 5.75 Å². The number of ether oxygens (including phenoxy) is 1. The predicted octanol–water partition coefficient (Wildman–Crippen LogP) is 6.96. The fraction of sp³-hybridized carbons (Fsp3) is 0.684. The van der Waals surface area contributed by atoms with Gasteiger partial charge < -0.3 is 9.29 Å². The maximum Gasteiger partial charge on any atom is 0.460 e. The minimum atomic E-state index is -8.92. The number of hydrogen-bond acceptors (Lipinski definition) is 4. The Kier molecular flexibility index (Phi) is 10.5. The molecule has 0 unspecified atom stereocenters. The number of benzene rings is 1. The van der Waals surface area contributed by atoms with Crippen LogP contribution in [-0.4, -0.2) is 78.6 Å². The normalized spacial score (nSPS) is 17.1. The summed E-state index contributed by atoms with van der Waals surface area (Å²) in [6, 6.07) is 8.57. The lowest BCUT2D eigenvalue weighted by Crippen LogP contribution is -2.75. The van der Waals surface area contributed by atoms with Crippen molar-refractivity contribution in [2.75, 3.05) is 18.6 Å². The molecule has 0 spiro atoms. The SMILES string of the molecule is COc1ccc([S+]2CCCC2)cc1.O=S(=O)([O-])C(F)(F)C(F)(F)C(F)(F)C(F)(F)C(F)(F)C(F)(F)C(F)(F)C(F)(F)F. The number of hydrogen-bond donors (Lipinski definition) is 0. The summed E-state index contributed by atoms with van der Waals surface area (Å²) in [5, 5.41) is -7.95. The van der Waals surface area contributed by atoms with Crippen molar-refractivity contribution in [3.63, 3.8) is 0 Å². The van der Waals surface area contributed by atoms with Crippen molar-refractivity contribution < 1.29 is 92.3 Å². The molecular weight excluding hydrogens is 679 g/mol. The van der Waals surface area contributed by atoms with Crippen LogP contribution in [0.1, 0.15) is 12.8 Å². The lowest BCUT2D eigenvalue weighted by Gasteiger charge is -2.42. The number of methoxy groups -OCH3 is 1. The molecule has 23 heteroatoms. The van der Waals surface area contributed by atoms with Gasteiger partial charge in [-0.25, -0.2) is 8.42 Å². The molecule has 0 amide bonds. The molecule has 1 aromatic rings. The average Bonchev–Trinajstić information content (AvgIpc) is 3.37. The molecule has 1 aliphatic rings. The summed E-state index contributed by atoms with van der Waals surface area (Å²) >= 11 is 0. The molecule has 1 fully saturated rings. The first-order chi connectivity index (χ1) is 18.4. The van der Waals surface area contributed by atoms with Crippen LogP contribution in [0.5, 0.6) is 5.75 Å². The third kappa shape index (κ3) is 6.05. The number of alkyl halides is 17. The Morgan fingerprint density at radius 2 is 0.952 bits per heavy atom. The second-order valence-corrected chi connectivity index (χ2v) is 11.9. The molecule has 1 heterocycles. The van der Waals surface area contributed by atoms with Gasteiger partial charge in [-0.1, -0.05) is 0 Å². The molecule has 0 aromatic heterocycles. The van der Waals surface area contributed by atoms with Gasteiger partial charge in [-0.15, -0.1) is 0 Å². The first-order valence-corrected chi connectivity index (χ1v) is 13.4. The van der Waals surface area contributed by atoms with Crippen LogP contribution in [0.2, 0.25) is 0 Å². The van der Waals surface area contributed by atoms with Gasteiger partial charge in [0.05, 0.1) is 7.11 Å². The van der Waals surface area contributed by atoms with Crippen molar-refractivity contribution in [2.45, 2.75) is 64.7 Å². The van der Waals surface area contributed by atoms with E-state index in [1.165, 1.54) is 29.2 Å². The molecule has 0 aliphatic carbocycles. The molecule has 0 saturated carbocycles. The van der Waals surface area contributed by atoms with Crippen LogP contribution >= 0.6 is 0 Å². The number of halogens is 17. The van der Waals surface area contributed by atoms with E-state index in [0.29, 0.717) is 10.9 Å². The zero-order valence-electron chi connectivity index (χ0n) is 20.0. The van der Waals surface area contributed by atoms with Gasteiger partial charge in [0.1, 0.15) is 17.3 Å². The zero-order chi connectivity index (χ0) is 33.6. The van der Waals surface area contributed by atoms with E-state index < -0.39 is 57.1 Å². The van der Waals surface area contributed by atoms with Crippen LogP contribution in [-0.2, 0) is 21.0 Å². The minimum absolute atomic E-state index is 0.544. The van der Waals surface area contributed by atoms with Crippen molar-refractivity contribution >= 4 is 21.0 Å². The first kappa shape index (κ1) is 38.1. The first-order valence-electron chi connectivity index (χ1n) is 10.4. The van der Waals surface area contributed by atoms with Crippen molar-refractivity contribution in [3.8, 4) is 5.75 Å². The highest BCUT2D eigenvalue weighted by Gasteiger charge is 2.95. The summed E-state index contributed by atoms with van der Waals surface area (Å²) in [4.78, 5) is 1.51. The van der Waals surface area contributed by atoms with Crippen LogP contribution < -0.4 is 4.74 Å². The highest BCUT2D eigenvalue weighted by atomic mass is 32.2. The molecule has 2 rings (SSSR count). The van der Waals surface area contributed by atoms with Crippen LogP contribution in [0.3, 0.4) is 0 Å². The molecule has 1 aliphatic heterocycles. The molecule has 0 bridgehead atoms. The fourth-order valence-corrected chi connectivity index (χ4v) is 5.71. The molecular formula is C19H15F17O4S2. The number of rotatable bonds is 9. The summed E-state index contributed by atoms with van der Waals surface area (Å²) in [6.07, 6.45) is -5.07. The quantitative estimate of drug-likeness (QED) is 0.159. The van der Waals surface area contributed by atoms with Crippen molar-refractivity contribution in [1.29, 1.82) is 0 Å². The van der Waals surface area contributed by atoms with E-state index in [1.807, 2.05) is 0 Å². The van der Waals surface area contributed by atoms with Gasteiger partial charge in [-0.2, -0.15) is 74.6 Å². The van der Waals surface area contributed by atoms with E-state index in [2.05, 4.69) is 24.3 Å². The van der Waals surface area contributed by atoms with Gasteiger partial charge in [0.2, 0.25) is 0 Å². The third-order valence-electron chi connectivity index (χ3n) is 5.43. The highest BCUT2D eigenvalue weighted by molar-refractivity contribution is 7.97. The summed E-state index contributed by atoms with van der Waals surface area (Å²) in [7, 11) is -5.88. The topological polar surface area (TPSA) is 66.4 Å². The van der Waals surface area contributed by atoms with Gasteiger partial charge in [0, 0.05) is 10.9 Å². The van der Waals surface area contributed by atoms with E-state index in [9.17, 15) is 87.6 Å². The van der Waals surface area contributed by atoms with Gasteiger partial charge in [0.15, 0.2) is 15.0 Å². The lowest BCUT2D eigenvalue weighted by atomic mass is 9.91. The standard InChI is InChI=1S/C11H15OS.C8HF17O3S/c1-12-10-4-6-11(7-5-10)13-8-2-3-9-13;9-1(10,3(13,14)5(17,18)7(21,22)23)2(11,12)4(15,16)6(19,20)8(24,25)29(26,27)28/h4-7H,2-3,8-9H2,1H3;(H,26,27,28)/q+1;/p-1. The third-order valence-corrected chi connectivity index (χ3v) is 8.82. The van der Waals surface area contributed by atoms with Crippen LogP contribution in [0, 0.1) is 0 Å². The Bertz CT molecular complexity index is 1180. The van der Waals surface area contributed by atoms with Crippen LogP contribution in [0.25, 0.3) is 0 Å². The van der Waals surface area contributed by atoms with E-state index >= 15 is 0 Å². The maximum absolute atomic E-state index is 13.0. The molecule has 42 heavy (non-hydrogen) atoms. The average molecular weight is 694 g/mol. The summed E-state index contributed by atoms with van der Waals surface area (Å²) in [5.41, 5.74) is 0. The Labute approximate surface area is 227 Å². The molecule has 246 valence electrons. The van der Waals surface area contributed by atoms with Crippen LogP contribution in [0.15, 0.2) is 29.2 Å². The second-order valence-electron chi connectivity index (χ2n) is 8.20. The van der Waals surface area contributed by atoms with E-state index in [1.54, 1.807) is 7.11 Å².